The number of benzene rings is 1. The van der Waals surface area contributed by atoms with Gasteiger partial charge in [-0.15, -0.1) is 0 Å². The highest BCUT2D eigenvalue weighted by atomic mass is 35.5. The zero-order valence-electron chi connectivity index (χ0n) is 13.2. The SMILES string of the molecule is O=C(NCc1ccc(Cl)cc1)C1CCCN1C(=O)Cc1cnc[nH]1. The molecule has 0 saturated carbocycles. The maximum absolute atomic E-state index is 12.5. The molecule has 1 fully saturated rings. The number of rotatable bonds is 5. The third-order valence-electron chi connectivity index (χ3n) is 4.15. The molecule has 2 heterocycles. The minimum absolute atomic E-state index is 0.0524. The van der Waals surface area contributed by atoms with Gasteiger partial charge in [-0.3, -0.25) is 9.59 Å². The maximum atomic E-state index is 12.5. The Morgan fingerprint density at radius 3 is 2.83 bits per heavy atom. The van der Waals surface area contributed by atoms with Gasteiger partial charge < -0.3 is 15.2 Å². The summed E-state index contributed by atoms with van der Waals surface area (Å²) in [5.74, 6) is -0.163. The van der Waals surface area contributed by atoms with Crippen LogP contribution in [0.3, 0.4) is 0 Å². The van der Waals surface area contributed by atoms with E-state index in [0.717, 1.165) is 17.7 Å². The molecular weight excluding hydrogens is 328 g/mol. The topological polar surface area (TPSA) is 78.1 Å². The van der Waals surface area contributed by atoms with Crippen LogP contribution in [-0.4, -0.2) is 39.3 Å². The van der Waals surface area contributed by atoms with E-state index in [1.54, 1.807) is 29.6 Å². The summed E-state index contributed by atoms with van der Waals surface area (Å²) < 4.78 is 0. The van der Waals surface area contributed by atoms with Gasteiger partial charge in [0.05, 0.1) is 12.7 Å². The second-order valence-corrected chi connectivity index (χ2v) is 6.28. The Kier molecular flexibility index (Phi) is 5.15. The number of amides is 2. The van der Waals surface area contributed by atoms with Gasteiger partial charge in [-0.05, 0) is 30.5 Å². The summed E-state index contributed by atoms with van der Waals surface area (Å²) in [7, 11) is 0. The predicted octanol–water partition coefficient (Wildman–Crippen LogP) is 1.91. The Hall–Kier alpha value is -2.34. The first kappa shape index (κ1) is 16.5. The first-order valence-corrected chi connectivity index (χ1v) is 8.30. The number of hydrogen-bond donors (Lipinski definition) is 2. The zero-order chi connectivity index (χ0) is 16.9. The fourth-order valence-electron chi connectivity index (χ4n) is 2.89. The number of H-pyrrole nitrogens is 1. The number of likely N-dealkylation sites (tertiary alicyclic amines) is 1. The van der Waals surface area contributed by atoms with E-state index < -0.39 is 6.04 Å². The molecule has 1 unspecified atom stereocenters. The first-order chi connectivity index (χ1) is 11.6. The number of nitrogens with one attached hydrogen (secondary N) is 2. The average Bonchev–Trinajstić information content (AvgIpc) is 3.25. The fourth-order valence-corrected chi connectivity index (χ4v) is 3.02. The standard InChI is InChI=1S/C17H19ClN4O2/c18-13-5-3-12(4-6-13)9-20-17(24)15-2-1-7-22(15)16(23)8-14-10-19-11-21-14/h3-6,10-11,15H,1-2,7-9H2,(H,19,21)(H,20,24). The van der Waals surface area contributed by atoms with Crippen LogP contribution in [0.15, 0.2) is 36.8 Å². The molecule has 2 amide bonds. The molecule has 1 aliphatic heterocycles. The van der Waals surface area contributed by atoms with E-state index in [4.69, 9.17) is 11.6 Å². The van der Waals surface area contributed by atoms with Crippen LogP contribution in [0.1, 0.15) is 24.1 Å². The van der Waals surface area contributed by atoms with Gasteiger partial charge in [-0.25, -0.2) is 4.98 Å². The molecule has 1 aromatic heterocycles. The highest BCUT2D eigenvalue weighted by Gasteiger charge is 2.33. The minimum atomic E-state index is -0.396. The average molecular weight is 347 g/mol. The molecule has 1 aliphatic rings. The summed E-state index contributed by atoms with van der Waals surface area (Å²) in [6.45, 7) is 1.04. The fraction of sp³-hybridized carbons (Fsp3) is 0.353. The van der Waals surface area contributed by atoms with Gasteiger partial charge in [0, 0.05) is 30.0 Å². The summed E-state index contributed by atoms with van der Waals surface area (Å²) in [5.41, 5.74) is 1.73. The lowest BCUT2D eigenvalue weighted by Crippen LogP contribution is -2.46. The second-order valence-electron chi connectivity index (χ2n) is 5.84. The van der Waals surface area contributed by atoms with Crippen molar-refractivity contribution >= 4 is 23.4 Å². The van der Waals surface area contributed by atoms with Crippen molar-refractivity contribution in [2.24, 2.45) is 0 Å². The number of imidazole rings is 1. The van der Waals surface area contributed by atoms with Crippen LogP contribution in [0.5, 0.6) is 0 Å². The van der Waals surface area contributed by atoms with Crippen molar-refractivity contribution in [2.75, 3.05) is 6.54 Å². The smallest absolute Gasteiger partial charge is 0.243 e. The van der Waals surface area contributed by atoms with E-state index in [9.17, 15) is 9.59 Å². The van der Waals surface area contributed by atoms with Crippen LogP contribution in [0.25, 0.3) is 0 Å². The highest BCUT2D eigenvalue weighted by Crippen LogP contribution is 2.19. The van der Waals surface area contributed by atoms with Crippen molar-refractivity contribution < 1.29 is 9.59 Å². The van der Waals surface area contributed by atoms with Crippen molar-refractivity contribution in [2.45, 2.75) is 31.8 Å². The number of nitrogens with zero attached hydrogens (tertiary/aromatic N) is 2. The Labute approximate surface area is 145 Å². The van der Waals surface area contributed by atoms with Gasteiger partial charge >= 0.3 is 0 Å². The second kappa shape index (κ2) is 7.49. The number of carbonyl (C=O) groups is 2. The van der Waals surface area contributed by atoms with E-state index in [0.29, 0.717) is 24.5 Å². The van der Waals surface area contributed by atoms with Crippen molar-refractivity contribution in [3.05, 3.63) is 53.1 Å². The number of aromatic amines is 1. The quantitative estimate of drug-likeness (QED) is 0.868. The molecule has 2 N–H and O–H groups in total. The van der Waals surface area contributed by atoms with Gasteiger partial charge in [0.25, 0.3) is 0 Å². The Morgan fingerprint density at radius 2 is 2.12 bits per heavy atom. The zero-order valence-corrected chi connectivity index (χ0v) is 13.9. The summed E-state index contributed by atoms with van der Waals surface area (Å²) in [6.07, 6.45) is 4.95. The summed E-state index contributed by atoms with van der Waals surface area (Å²) >= 11 is 5.85. The molecule has 2 aromatic rings. The van der Waals surface area contributed by atoms with Crippen molar-refractivity contribution in [1.29, 1.82) is 0 Å². The van der Waals surface area contributed by atoms with Gasteiger partial charge in [0.1, 0.15) is 6.04 Å². The summed E-state index contributed by atoms with van der Waals surface area (Å²) in [5, 5.41) is 3.57. The predicted molar refractivity (Wildman–Crippen MR) is 90.3 cm³/mol. The molecule has 3 rings (SSSR count). The number of carbonyl (C=O) groups excluding carboxylic acids is 2. The Balaban J connectivity index is 1.56. The summed E-state index contributed by atoms with van der Waals surface area (Å²) in [6, 6.07) is 6.93. The Bertz CT molecular complexity index is 700. The van der Waals surface area contributed by atoms with Gasteiger partial charge in [0.2, 0.25) is 11.8 Å². The molecule has 1 aromatic carbocycles. The molecule has 24 heavy (non-hydrogen) atoms. The number of aromatic nitrogens is 2. The van der Waals surface area contributed by atoms with Crippen LogP contribution in [0.4, 0.5) is 0 Å². The van der Waals surface area contributed by atoms with Gasteiger partial charge in [0.15, 0.2) is 0 Å². The molecule has 1 atom stereocenters. The van der Waals surface area contributed by atoms with E-state index in [2.05, 4.69) is 15.3 Å². The minimum Gasteiger partial charge on any atom is -0.350 e. The normalized spacial score (nSPS) is 17.0. The van der Waals surface area contributed by atoms with E-state index >= 15 is 0 Å². The van der Waals surface area contributed by atoms with Crippen molar-refractivity contribution in [1.82, 2.24) is 20.2 Å². The lowest BCUT2D eigenvalue weighted by molar-refractivity contribution is -0.138. The maximum Gasteiger partial charge on any atom is 0.243 e. The summed E-state index contributed by atoms with van der Waals surface area (Å²) in [4.78, 5) is 33.4. The monoisotopic (exact) mass is 346 g/mol. The van der Waals surface area contributed by atoms with Crippen molar-refractivity contribution in [3.63, 3.8) is 0 Å². The molecule has 0 radical (unpaired) electrons. The first-order valence-electron chi connectivity index (χ1n) is 7.92. The van der Waals surface area contributed by atoms with E-state index in [1.165, 1.54) is 0 Å². The van der Waals surface area contributed by atoms with Gasteiger partial charge in [-0.2, -0.15) is 0 Å². The van der Waals surface area contributed by atoms with Crippen LogP contribution < -0.4 is 5.32 Å². The molecule has 6 nitrogen and oxygen atoms in total. The number of hydrogen-bond acceptors (Lipinski definition) is 3. The molecule has 7 heteroatoms. The molecule has 1 saturated heterocycles. The lowest BCUT2D eigenvalue weighted by Gasteiger charge is -2.23. The third kappa shape index (κ3) is 3.94. The molecule has 0 spiro atoms. The van der Waals surface area contributed by atoms with Gasteiger partial charge in [-0.1, -0.05) is 23.7 Å². The van der Waals surface area contributed by atoms with Crippen LogP contribution >= 0.6 is 11.6 Å². The van der Waals surface area contributed by atoms with Crippen LogP contribution in [0.2, 0.25) is 5.02 Å². The van der Waals surface area contributed by atoms with E-state index in [-0.39, 0.29) is 18.2 Å². The number of halogens is 1. The largest absolute Gasteiger partial charge is 0.350 e. The van der Waals surface area contributed by atoms with Crippen LogP contribution in [-0.2, 0) is 22.6 Å². The molecule has 0 aliphatic carbocycles. The van der Waals surface area contributed by atoms with E-state index in [1.807, 2.05) is 12.1 Å². The Morgan fingerprint density at radius 1 is 1.33 bits per heavy atom. The molecule has 0 bridgehead atoms. The third-order valence-corrected chi connectivity index (χ3v) is 4.40. The molecular formula is C17H19ClN4O2. The highest BCUT2D eigenvalue weighted by molar-refractivity contribution is 6.30. The molecule has 126 valence electrons. The van der Waals surface area contributed by atoms with Crippen LogP contribution in [0, 0.1) is 0 Å². The lowest BCUT2D eigenvalue weighted by atomic mass is 10.1. The van der Waals surface area contributed by atoms with Crippen molar-refractivity contribution in [3.8, 4) is 0 Å².